The van der Waals surface area contributed by atoms with Crippen molar-refractivity contribution in [1.29, 1.82) is 0 Å². The fraction of sp³-hybridized carbons (Fsp3) is 0.0769. The van der Waals surface area contributed by atoms with Crippen LogP contribution in [0.1, 0.15) is 0 Å². The molecule has 0 bridgehead atoms. The summed E-state index contributed by atoms with van der Waals surface area (Å²) in [6, 6.07) is 12.5. The number of phenols is 1. The lowest BCUT2D eigenvalue weighted by atomic mass is 10.0. The van der Waals surface area contributed by atoms with Gasteiger partial charge in [0.1, 0.15) is 11.5 Å². The lowest BCUT2D eigenvalue weighted by Gasteiger charge is -2.09. The van der Waals surface area contributed by atoms with Gasteiger partial charge in [-0.1, -0.05) is 18.2 Å². The number of aromatic hydroxyl groups is 1. The highest BCUT2D eigenvalue weighted by Gasteiger charge is 2.08. The zero-order valence-electron chi connectivity index (χ0n) is 8.97. The number of nitrogens with two attached hydrogens (primary N) is 1. The zero-order chi connectivity index (χ0) is 11.5. The largest absolute Gasteiger partial charge is 0.507 e. The van der Waals surface area contributed by atoms with Crippen molar-refractivity contribution in [1.82, 2.24) is 0 Å². The Morgan fingerprint density at radius 3 is 2.56 bits per heavy atom. The summed E-state index contributed by atoms with van der Waals surface area (Å²) in [5.41, 5.74) is 7.88. The van der Waals surface area contributed by atoms with Crippen molar-refractivity contribution in [3.05, 3.63) is 42.5 Å². The molecule has 0 saturated heterocycles. The first kappa shape index (κ1) is 10.4. The van der Waals surface area contributed by atoms with E-state index in [1.54, 1.807) is 25.3 Å². The maximum Gasteiger partial charge on any atom is 0.125 e. The van der Waals surface area contributed by atoms with Crippen LogP contribution in [-0.4, -0.2) is 12.2 Å². The summed E-state index contributed by atoms with van der Waals surface area (Å²) in [6.45, 7) is 0. The quantitative estimate of drug-likeness (QED) is 0.757. The summed E-state index contributed by atoms with van der Waals surface area (Å²) < 4.78 is 5.13. The van der Waals surface area contributed by atoms with Crippen molar-refractivity contribution in [2.24, 2.45) is 0 Å². The van der Waals surface area contributed by atoms with Gasteiger partial charge < -0.3 is 15.6 Å². The van der Waals surface area contributed by atoms with Crippen LogP contribution in [0.25, 0.3) is 11.1 Å². The van der Waals surface area contributed by atoms with E-state index in [1.165, 1.54) is 0 Å². The molecule has 3 nitrogen and oxygen atoms in total. The molecule has 0 heterocycles. The Balaban J connectivity index is 2.58. The van der Waals surface area contributed by atoms with Crippen LogP contribution in [0.5, 0.6) is 11.5 Å². The van der Waals surface area contributed by atoms with Gasteiger partial charge >= 0.3 is 0 Å². The Bertz CT molecular complexity index is 489. The van der Waals surface area contributed by atoms with Gasteiger partial charge in [0.15, 0.2) is 0 Å². The van der Waals surface area contributed by atoms with Crippen LogP contribution in [0.3, 0.4) is 0 Å². The minimum Gasteiger partial charge on any atom is -0.507 e. The lowest BCUT2D eigenvalue weighted by molar-refractivity contribution is 0.415. The molecule has 0 radical (unpaired) electrons. The fourth-order valence-corrected chi connectivity index (χ4v) is 1.65. The molecule has 0 fully saturated rings. The number of benzene rings is 2. The van der Waals surface area contributed by atoms with Gasteiger partial charge in [-0.15, -0.1) is 0 Å². The molecule has 0 aromatic heterocycles. The smallest absolute Gasteiger partial charge is 0.125 e. The van der Waals surface area contributed by atoms with Crippen LogP contribution in [-0.2, 0) is 0 Å². The zero-order valence-corrected chi connectivity index (χ0v) is 8.97. The van der Waals surface area contributed by atoms with E-state index < -0.39 is 0 Å². The van der Waals surface area contributed by atoms with Gasteiger partial charge in [0.25, 0.3) is 0 Å². The average Bonchev–Trinajstić information content (AvgIpc) is 2.29. The van der Waals surface area contributed by atoms with E-state index >= 15 is 0 Å². The van der Waals surface area contributed by atoms with Crippen LogP contribution in [0.4, 0.5) is 5.69 Å². The lowest BCUT2D eigenvalue weighted by Crippen LogP contribution is -1.91. The van der Waals surface area contributed by atoms with Crippen molar-refractivity contribution < 1.29 is 9.84 Å². The van der Waals surface area contributed by atoms with Gasteiger partial charge in [0.05, 0.1) is 7.11 Å². The number of rotatable bonds is 2. The molecule has 2 aromatic rings. The first-order chi connectivity index (χ1) is 7.72. The number of hydrogen-bond acceptors (Lipinski definition) is 3. The molecule has 0 aliphatic heterocycles. The first-order valence-electron chi connectivity index (χ1n) is 4.94. The van der Waals surface area contributed by atoms with Crippen LogP contribution in [0, 0.1) is 0 Å². The van der Waals surface area contributed by atoms with Crippen LogP contribution < -0.4 is 10.5 Å². The number of anilines is 1. The van der Waals surface area contributed by atoms with Gasteiger partial charge in [0, 0.05) is 11.3 Å². The van der Waals surface area contributed by atoms with Crippen molar-refractivity contribution >= 4 is 5.69 Å². The first-order valence-corrected chi connectivity index (χ1v) is 4.94. The Morgan fingerprint density at radius 1 is 1.12 bits per heavy atom. The SMILES string of the molecule is COc1cccc(-c2c(N)cccc2O)c1. The molecule has 0 aliphatic carbocycles. The van der Waals surface area contributed by atoms with Gasteiger partial charge in [-0.3, -0.25) is 0 Å². The normalized spacial score (nSPS) is 10.1. The molecule has 0 amide bonds. The third kappa shape index (κ3) is 1.80. The average molecular weight is 215 g/mol. The van der Waals surface area contributed by atoms with E-state index in [0.717, 1.165) is 11.3 Å². The van der Waals surface area contributed by atoms with Crippen LogP contribution in [0.15, 0.2) is 42.5 Å². The predicted molar refractivity (Wildman–Crippen MR) is 64.5 cm³/mol. The highest BCUT2D eigenvalue weighted by atomic mass is 16.5. The third-order valence-corrected chi connectivity index (χ3v) is 2.43. The number of hydrogen-bond donors (Lipinski definition) is 2. The van der Waals surface area contributed by atoms with E-state index in [9.17, 15) is 5.11 Å². The Morgan fingerprint density at radius 2 is 1.88 bits per heavy atom. The minimum atomic E-state index is 0.174. The maximum absolute atomic E-state index is 9.79. The summed E-state index contributed by atoms with van der Waals surface area (Å²) >= 11 is 0. The van der Waals surface area contributed by atoms with Crippen molar-refractivity contribution in [3.8, 4) is 22.6 Å². The monoisotopic (exact) mass is 215 g/mol. The van der Waals surface area contributed by atoms with Gasteiger partial charge in [-0.2, -0.15) is 0 Å². The van der Waals surface area contributed by atoms with E-state index in [1.807, 2.05) is 24.3 Å². The Kier molecular flexibility index (Phi) is 2.68. The molecule has 2 aromatic carbocycles. The number of ether oxygens (including phenoxy) is 1. The number of methoxy groups -OCH3 is 1. The molecule has 0 unspecified atom stereocenters. The van der Waals surface area contributed by atoms with Crippen molar-refractivity contribution in [2.75, 3.05) is 12.8 Å². The summed E-state index contributed by atoms with van der Waals surface area (Å²) in [5.74, 6) is 0.911. The van der Waals surface area contributed by atoms with E-state index in [-0.39, 0.29) is 5.75 Å². The molecule has 82 valence electrons. The Labute approximate surface area is 94.1 Å². The molecular formula is C13H13NO2. The van der Waals surface area contributed by atoms with Crippen LogP contribution in [0.2, 0.25) is 0 Å². The molecule has 0 atom stereocenters. The number of phenolic OH excluding ortho intramolecular Hbond substituents is 1. The third-order valence-electron chi connectivity index (χ3n) is 2.43. The molecule has 16 heavy (non-hydrogen) atoms. The topological polar surface area (TPSA) is 55.5 Å². The Hall–Kier alpha value is -2.16. The molecule has 3 heteroatoms. The highest BCUT2D eigenvalue weighted by Crippen LogP contribution is 2.35. The van der Waals surface area contributed by atoms with Gasteiger partial charge in [-0.25, -0.2) is 0 Å². The maximum atomic E-state index is 9.79. The van der Waals surface area contributed by atoms with E-state index in [0.29, 0.717) is 11.3 Å². The molecule has 3 N–H and O–H groups in total. The van der Waals surface area contributed by atoms with E-state index in [2.05, 4.69) is 0 Å². The molecular weight excluding hydrogens is 202 g/mol. The summed E-state index contributed by atoms with van der Waals surface area (Å²) in [4.78, 5) is 0. The second kappa shape index (κ2) is 4.14. The van der Waals surface area contributed by atoms with Crippen molar-refractivity contribution in [2.45, 2.75) is 0 Å². The predicted octanol–water partition coefficient (Wildman–Crippen LogP) is 2.65. The van der Waals surface area contributed by atoms with E-state index in [4.69, 9.17) is 10.5 Å². The van der Waals surface area contributed by atoms with Gasteiger partial charge in [0.2, 0.25) is 0 Å². The van der Waals surface area contributed by atoms with Crippen molar-refractivity contribution in [3.63, 3.8) is 0 Å². The standard InChI is InChI=1S/C13H13NO2/c1-16-10-5-2-4-9(8-10)13-11(14)6-3-7-12(13)15/h2-8,15H,14H2,1H3. The molecule has 2 rings (SSSR count). The van der Waals surface area contributed by atoms with Gasteiger partial charge in [-0.05, 0) is 29.8 Å². The molecule has 0 spiro atoms. The number of nitrogen functional groups attached to an aromatic ring is 1. The second-order valence-electron chi connectivity index (χ2n) is 3.47. The highest BCUT2D eigenvalue weighted by molar-refractivity contribution is 5.82. The second-order valence-corrected chi connectivity index (χ2v) is 3.47. The van der Waals surface area contributed by atoms with Crippen LogP contribution >= 0.6 is 0 Å². The summed E-state index contributed by atoms with van der Waals surface area (Å²) in [5, 5.41) is 9.79. The molecule has 0 saturated carbocycles. The fourth-order valence-electron chi connectivity index (χ4n) is 1.65. The summed E-state index contributed by atoms with van der Waals surface area (Å²) in [7, 11) is 1.60. The summed E-state index contributed by atoms with van der Waals surface area (Å²) in [6.07, 6.45) is 0. The minimum absolute atomic E-state index is 0.174. The molecule has 0 aliphatic rings.